The second-order valence-corrected chi connectivity index (χ2v) is 18.3. The number of nitrogens with one attached hydrogen (secondary N) is 3. The van der Waals surface area contributed by atoms with Crippen LogP contribution in [0.3, 0.4) is 0 Å². The van der Waals surface area contributed by atoms with E-state index in [-0.39, 0.29) is 28.7 Å². The van der Waals surface area contributed by atoms with Crippen LogP contribution in [0.2, 0.25) is 0 Å². The number of hydrogen-bond donors (Lipinski definition) is 3. The van der Waals surface area contributed by atoms with Gasteiger partial charge < -0.3 is 25.2 Å². The summed E-state index contributed by atoms with van der Waals surface area (Å²) in [6.45, 7) is 8.44. The van der Waals surface area contributed by atoms with Crippen molar-refractivity contribution in [1.29, 1.82) is 0 Å². The van der Waals surface area contributed by atoms with Crippen LogP contribution < -0.4 is 30.5 Å². The third-order valence-electron chi connectivity index (χ3n) is 12.4. The molecule has 6 aliphatic heterocycles. The lowest BCUT2D eigenvalue weighted by molar-refractivity contribution is -0.134. The number of likely N-dealkylation sites (tertiary alicyclic amines) is 1. The Balaban J connectivity index is 0.751. The molecule has 4 fully saturated rings. The van der Waals surface area contributed by atoms with Gasteiger partial charge in [-0.3, -0.25) is 19.8 Å². The number of anilines is 4. The fraction of sp³-hybridized carbons (Fsp3) is 0.442. The lowest BCUT2D eigenvalue weighted by Gasteiger charge is -2.48. The largest absolute Gasteiger partial charge is 0.474 e. The first-order valence-corrected chi connectivity index (χ1v) is 22.0. The molecule has 298 valence electrons. The van der Waals surface area contributed by atoms with Crippen LogP contribution in [0.1, 0.15) is 61.1 Å². The van der Waals surface area contributed by atoms with Crippen LogP contribution in [0.25, 0.3) is 0 Å². The van der Waals surface area contributed by atoms with Crippen molar-refractivity contribution in [1.82, 2.24) is 15.2 Å². The van der Waals surface area contributed by atoms with Crippen molar-refractivity contribution in [2.24, 2.45) is 4.99 Å². The molecule has 0 aliphatic carbocycles. The number of pyridine rings is 1. The minimum Gasteiger partial charge on any atom is -0.474 e. The van der Waals surface area contributed by atoms with Crippen molar-refractivity contribution in [3.63, 3.8) is 0 Å². The lowest BCUT2D eigenvalue weighted by atomic mass is 9.90. The number of aromatic nitrogens is 1. The summed E-state index contributed by atoms with van der Waals surface area (Å²) in [5.74, 6) is 0.799. The molecule has 0 radical (unpaired) electrons. The molecule has 6 aliphatic rings. The van der Waals surface area contributed by atoms with Crippen molar-refractivity contribution in [2.75, 3.05) is 72.9 Å². The van der Waals surface area contributed by atoms with Gasteiger partial charge in [0.1, 0.15) is 18.1 Å². The first-order valence-electron chi connectivity index (χ1n) is 20.3. The Labute approximate surface area is 334 Å². The van der Waals surface area contributed by atoms with Gasteiger partial charge in [0.15, 0.2) is 9.84 Å². The maximum atomic E-state index is 13.6. The predicted molar refractivity (Wildman–Crippen MR) is 223 cm³/mol. The van der Waals surface area contributed by atoms with E-state index < -0.39 is 9.84 Å². The first-order chi connectivity index (χ1) is 27.7. The molecule has 4 saturated heterocycles. The van der Waals surface area contributed by atoms with Gasteiger partial charge in [-0.15, -0.1) is 0 Å². The maximum absolute atomic E-state index is 13.6. The third-order valence-corrected chi connectivity index (χ3v) is 14.6. The van der Waals surface area contributed by atoms with Gasteiger partial charge in [0, 0.05) is 55.6 Å². The number of benzene rings is 2. The van der Waals surface area contributed by atoms with Crippen molar-refractivity contribution < 1.29 is 22.7 Å². The van der Waals surface area contributed by atoms with Crippen molar-refractivity contribution in [3.8, 4) is 5.88 Å². The molecular formula is C43H50N8O5S. The highest BCUT2D eigenvalue weighted by atomic mass is 32.2. The molecule has 1 atom stereocenters. The number of allylic oxidation sites excluding steroid dienone is 2. The number of aliphatic imine (C=N–C) groups is 1. The summed E-state index contributed by atoms with van der Waals surface area (Å²) in [7, 11) is -3.31. The smallest absolute Gasteiger partial charge is 0.237 e. The molecule has 1 aromatic heterocycles. The number of carbonyl (C=O) groups excluding carboxylic acids is 2. The molecule has 57 heavy (non-hydrogen) atoms. The van der Waals surface area contributed by atoms with Crippen LogP contribution in [0, 0.1) is 6.92 Å². The number of hydrogen-bond acceptors (Lipinski definition) is 12. The number of fused-ring (bicyclic) bond motifs is 2. The van der Waals surface area contributed by atoms with Gasteiger partial charge >= 0.3 is 0 Å². The summed E-state index contributed by atoms with van der Waals surface area (Å²) in [6, 6.07) is 16.2. The fourth-order valence-electron chi connectivity index (χ4n) is 9.01. The summed E-state index contributed by atoms with van der Waals surface area (Å²) in [5, 5.41) is 9.02. The summed E-state index contributed by atoms with van der Waals surface area (Å²) in [6.07, 6.45) is 10.2. The van der Waals surface area contributed by atoms with Crippen LogP contribution in [0.4, 0.5) is 22.7 Å². The van der Waals surface area contributed by atoms with E-state index >= 15 is 0 Å². The number of rotatable bonds is 9. The molecule has 0 saturated carbocycles. The number of imide groups is 1. The minimum absolute atomic E-state index is 0.0384. The number of nitrogens with zero attached hydrogens (tertiary/aromatic N) is 5. The van der Waals surface area contributed by atoms with Crippen molar-refractivity contribution in [3.05, 3.63) is 95.0 Å². The number of carbonyl (C=O) groups is 2. The van der Waals surface area contributed by atoms with E-state index in [0.717, 1.165) is 103 Å². The minimum atomic E-state index is -3.31. The standard InChI is InChI=1S/C43H50N8O5S/c1-28-38(23-45-43-41(28)44-18-22-56-43)50-19-15-31-3-2-4-39(47-37(31)26-50)46-32-9-5-29(6-10-32)27-57(54,55)35-16-20-49(21-17-35)34-24-51(25-34)33-11-7-30(8-12-33)36-13-14-40(52)48-42(36)53/h3-12,23,34-36,44,46H,2,13-22,24-27H2,1H3,(H,48,52,53). The number of sulfone groups is 1. The zero-order valence-corrected chi connectivity index (χ0v) is 33.2. The fourth-order valence-corrected chi connectivity index (χ4v) is 10.8. The molecular weight excluding hydrogens is 741 g/mol. The summed E-state index contributed by atoms with van der Waals surface area (Å²) in [4.78, 5) is 40.5. The Bertz CT molecular complexity index is 2240. The third kappa shape index (κ3) is 7.89. The highest BCUT2D eigenvalue weighted by Gasteiger charge is 2.37. The predicted octanol–water partition coefficient (Wildman–Crippen LogP) is 4.92. The van der Waals surface area contributed by atoms with Gasteiger partial charge in [0.25, 0.3) is 0 Å². The van der Waals surface area contributed by atoms with Gasteiger partial charge in [-0.2, -0.15) is 0 Å². The van der Waals surface area contributed by atoms with E-state index in [1.165, 1.54) is 5.57 Å². The average Bonchev–Trinajstić information content (AvgIpc) is 3.40. The molecule has 0 spiro atoms. The topological polar surface area (TPSA) is 149 Å². The molecule has 7 heterocycles. The SMILES string of the molecule is Cc1c(N2CCC3=CCC=C(Nc4ccc(CS(=O)(=O)C5CCN(C6CN(c7ccc(C8CCC(=O)NC8=O)cc7)C6)CC5)cc4)N=C3C2)cnc2c1NCCO2. The van der Waals surface area contributed by atoms with E-state index in [1.807, 2.05) is 42.6 Å². The van der Waals surface area contributed by atoms with Crippen LogP contribution in [-0.4, -0.2) is 99.5 Å². The van der Waals surface area contributed by atoms with Gasteiger partial charge in [-0.05, 0) is 99.2 Å². The Morgan fingerprint density at radius 1 is 0.930 bits per heavy atom. The van der Waals surface area contributed by atoms with E-state index in [2.05, 4.69) is 66.8 Å². The van der Waals surface area contributed by atoms with Crippen molar-refractivity contribution in [2.45, 2.75) is 68.4 Å². The summed E-state index contributed by atoms with van der Waals surface area (Å²) >= 11 is 0. The Morgan fingerprint density at radius 2 is 1.72 bits per heavy atom. The molecule has 14 heteroatoms. The van der Waals surface area contributed by atoms with E-state index in [9.17, 15) is 18.0 Å². The Morgan fingerprint density at radius 3 is 2.49 bits per heavy atom. The Hall–Kier alpha value is -5.21. The average molecular weight is 791 g/mol. The maximum Gasteiger partial charge on any atom is 0.237 e. The summed E-state index contributed by atoms with van der Waals surface area (Å²) in [5.41, 5.74) is 9.24. The second kappa shape index (κ2) is 15.6. The molecule has 1 unspecified atom stereocenters. The molecule has 13 nitrogen and oxygen atoms in total. The zero-order chi connectivity index (χ0) is 39.1. The quantitative estimate of drug-likeness (QED) is 0.254. The normalized spacial score (nSPS) is 22.1. The zero-order valence-electron chi connectivity index (χ0n) is 32.4. The van der Waals surface area contributed by atoms with Crippen LogP contribution in [0.15, 0.2) is 83.3 Å². The van der Waals surface area contributed by atoms with Gasteiger partial charge in [-0.1, -0.05) is 30.3 Å². The molecule has 2 amide bonds. The second-order valence-electron chi connectivity index (χ2n) is 16.0. The molecule has 2 aromatic carbocycles. The monoisotopic (exact) mass is 790 g/mol. The van der Waals surface area contributed by atoms with Crippen LogP contribution in [0.5, 0.6) is 5.88 Å². The Kier molecular flexibility index (Phi) is 10.2. The lowest BCUT2D eigenvalue weighted by Crippen LogP contribution is -2.61. The molecule has 9 rings (SSSR count). The van der Waals surface area contributed by atoms with Gasteiger partial charge in [0.05, 0.1) is 41.1 Å². The first kappa shape index (κ1) is 37.4. The highest BCUT2D eigenvalue weighted by molar-refractivity contribution is 7.91. The molecule has 0 bridgehead atoms. The van der Waals surface area contributed by atoms with E-state index in [4.69, 9.17) is 9.73 Å². The van der Waals surface area contributed by atoms with Crippen LogP contribution in [-0.2, 0) is 25.2 Å². The summed E-state index contributed by atoms with van der Waals surface area (Å²) < 4.78 is 32.9. The van der Waals surface area contributed by atoms with Crippen molar-refractivity contribution >= 4 is 50.1 Å². The van der Waals surface area contributed by atoms with Crippen LogP contribution >= 0.6 is 0 Å². The number of ether oxygens (including phenoxy) is 1. The number of piperidine rings is 3. The molecule has 3 N–H and O–H groups in total. The highest BCUT2D eigenvalue weighted by Crippen LogP contribution is 2.36. The van der Waals surface area contributed by atoms with Gasteiger partial charge in [-0.25, -0.2) is 18.4 Å². The number of amides is 2. The van der Waals surface area contributed by atoms with Gasteiger partial charge in [0.2, 0.25) is 17.7 Å². The van der Waals surface area contributed by atoms with E-state index in [1.54, 1.807) is 0 Å². The van der Waals surface area contributed by atoms with E-state index in [0.29, 0.717) is 50.8 Å². The molecule has 3 aromatic rings.